The van der Waals surface area contributed by atoms with Crippen molar-refractivity contribution in [2.75, 3.05) is 19.9 Å². The van der Waals surface area contributed by atoms with Crippen molar-refractivity contribution < 1.29 is 9.47 Å². The van der Waals surface area contributed by atoms with Gasteiger partial charge in [0.05, 0.1) is 29.4 Å². The standard InChI is InChI=1S/C27H30N4O2/c1-27(33-21-7-5-4-6-8-21)15-13-19(14-16-27)25-24-22(29-30-26(24)28)17-23(31(25)2)18-9-11-20(32-3)12-10-18/h5,7-15,17,23,29H,4,6,16H2,1-3H3,(H2,28,30). The van der Waals surface area contributed by atoms with Crippen LogP contribution in [-0.2, 0) is 4.74 Å². The van der Waals surface area contributed by atoms with E-state index in [1.54, 1.807) is 7.11 Å². The van der Waals surface area contributed by atoms with Crippen LogP contribution in [0, 0.1) is 0 Å². The molecule has 33 heavy (non-hydrogen) atoms. The van der Waals surface area contributed by atoms with Crippen molar-refractivity contribution in [1.29, 1.82) is 0 Å². The maximum Gasteiger partial charge on any atom is 0.155 e. The first kappa shape index (κ1) is 21.2. The van der Waals surface area contributed by atoms with Gasteiger partial charge in [-0.05, 0) is 67.3 Å². The number of nitrogen functional groups attached to an aromatic ring is 1. The summed E-state index contributed by atoms with van der Waals surface area (Å²) >= 11 is 0. The van der Waals surface area contributed by atoms with E-state index in [0.717, 1.165) is 52.6 Å². The maximum atomic E-state index is 6.33. The van der Waals surface area contributed by atoms with Crippen LogP contribution in [0.1, 0.15) is 37.8 Å². The number of hydrogen-bond donors (Lipinski definition) is 2. The molecule has 2 aliphatic carbocycles. The number of ether oxygens (including phenoxy) is 2. The van der Waals surface area contributed by atoms with Gasteiger partial charge in [0.25, 0.3) is 0 Å². The van der Waals surface area contributed by atoms with Crippen LogP contribution < -0.4 is 21.0 Å². The molecule has 0 bridgehead atoms. The third kappa shape index (κ3) is 3.97. The first-order valence-electron chi connectivity index (χ1n) is 11.4. The van der Waals surface area contributed by atoms with E-state index in [4.69, 9.17) is 15.2 Å². The number of benzene rings is 1. The van der Waals surface area contributed by atoms with Crippen LogP contribution in [-0.4, -0.2) is 34.9 Å². The first-order valence-corrected chi connectivity index (χ1v) is 11.4. The number of nitrogens with one attached hydrogen (secondary N) is 1. The van der Waals surface area contributed by atoms with Crippen molar-refractivity contribution in [2.24, 2.45) is 0 Å². The van der Waals surface area contributed by atoms with Crippen molar-refractivity contribution in [3.8, 4) is 5.75 Å². The molecule has 3 N–H and O–H groups in total. The van der Waals surface area contributed by atoms with Gasteiger partial charge in [-0.3, -0.25) is 5.10 Å². The van der Waals surface area contributed by atoms with Gasteiger partial charge in [-0.1, -0.05) is 30.4 Å². The van der Waals surface area contributed by atoms with Crippen LogP contribution in [0.5, 0.6) is 5.75 Å². The summed E-state index contributed by atoms with van der Waals surface area (Å²) in [6.45, 7) is 2.13. The minimum atomic E-state index is -0.378. The summed E-state index contributed by atoms with van der Waals surface area (Å²) in [5.74, 6) is 2.30. The number of hydrogen-bond acceptors (Lipinski definition) is 5. The van der Waals surface area contributed by atoms with Crippen molar-refractivity contribution in [1.82, 2.24) is 15.1 Å². The van der Waals surface area contributed by atoms with Crippen molar-refractivity contribution in [3.63, 3.8) is 0 Å². The molecule has 2 atom stereocenters. The van der Waals surface area contributed by atoms with E-state index in [1.165, 1.54) is 5.56 Å². The molecular weight excluding hydrogens is 412 g/mol. The number of likely N-dealkylation sites (N-methyl/N-ethyl adjacent to an activating group) is 1. The lowest BCUT2D eigenvalue weighted by atomic mass is 9.90. The number of nitrogens with zero attached hydrogens (tertiary/aromatic N) is 2. The Morgan fingerprint density at radius 3 is 2.64 bits per heavy atom. The minimum Gasteiger partial charge on any atom is -0.497 e. The van der Waals surface area contributed by atoms with Crippen LogP contribution in [0.2, 0.25) is 0 Å². The summed E-state index contributed by atoms with van der Waals surface area (Å²) in [7, 11) is 3.78. The van der Waals surface area contributed by atoms with Crippen molar-refractivity contribution >= 4 is 17.6 Å². The highest BCUT2D eigenvalue weighted by Crippen LogP contribution is 2.35. The van der Waals surface area contributed by atoms with E-state index in [2.05, 4.69) is 83.7 Å². The van der Waals surface area contributed by atoms with Crippen LogP contribution in [0.4, 0.5) is 5.82 Å². The molecule has 6 heteroatoms. The number of methoxy groups -OCH3 is 1. The molecule has 1 aliphatic heterocycles. The van der Waals surface area contributed by atoms with E-state index >= 15 is 0 Å². The van der Waals surface area contributed by atoms with Gasteiger partial charge in [0.15, 0.2) is 5.82 Å². The lowest BCUT2D eigenvalue weighted by Crippen LogP contribution is -2.41. The van der Waals surface area contributed by atoms with Crippen LogP contribution in [0.25, 0.3) is 11.8 Å². The molecule has 0 spiro atoms. The number of rotatable bonds is 5. The molecular formula is C27H30N4O2. The Bertz CT molecular complexity index is 1300. The van der Waals surface area contributed by atoms with E-state index in [9.17, 15) is 0 Å². The van der Waals surface area contributed by atoms with Gasteiger partial charge in [-0.2, -0.15) is 5.10 Å². The Balaban J connectivity index is 1.49. The molecule has 1 aromatic heterocycles. The average Bonchev–Trinajstić information content (AvgIpc) is 3.20. The lowest BCUT2D eigenvalue weighted by Gasteiger charge is -2.35. The van der Waals surface area contributed by atoms with E-state index < -0.39 is 0 Å². The highest BCUT2D eigenvalue weighted by Gasteiger charge is 2.30. The summed E-state index contributed by atoms with van der Waals surface area (Å²) in [6.07, 6.45) is 18.0. The molecule has 0 fully saturated rings. The second-order valence-corrected chi connectivity index (χ2v) is 8.94. The third-order valence-corrected chi connectivity index (χ3v) is 6.54. The monoisotopic (exact) mass is 442 g/mol. The number of fused-ring (bicyclic) bond motifs is 1. The van der Waals surface area contributed by atoms with Crippen LogP contribution >= 0.6 is 0 Å². The Labute approximate surface area is 194 Å². The fourth-order valence-electron chi connectivity index (χ4n) is 4.69. The Hall–Kier alpha value is -3.67. The zero-order valence-corrected chi connectivity index (χ0v) is 19.3. The molecule has 0 saturated carbocycles. The molecule has 0 amide bonds. The molecule has 2 aromatic rings. The summed E-state index contributed by atoms with van der Waals surface area (Å²) in [5, 5.41) is 9.30. The molecule has 5 rings (SSSR count). The first-order chi connectivity index (χ1) is 16.0. The second-order valence-electron chi connectivity index (χ2n) is 8.94. The SMILES string of the molecule is COc1ccc(C2C=c3[nH]nc(N)c3=C(C3=CCC(C)(OC4=CCCC=C4)C=C3)N2C)cc1. The number of nitrogens with two attached hydrogens (primary N) is 1. The van der Waals surface area contributed by atoms with Crippen molar-refractivity contribution in [2.45, 2.75) is 37.8 Å². The van der Waals surface area contributed by atoms with Gasteiger partial charge in [-0.25, -0.2) is 0 Å². The fourth-order valence-corrected chi connectivity index (χ4v) is 4.69. The van der Waals surface area contributed by atoms with Gasteiger partial charge < -0.3 is 20.1 Å². The largest absolute Gasteiger partial charge is 0.497 e. The summed E-state index contributed by atoms with van der Waals surface area (Å²) in [5.41, 5.74) is 9.27. The molecule has 170 valence electrons. The number of aromatic nitrogens is 2. The quantitative estimate of drug-likeness (QED) is 0.742. The van der Waals surface area contributed by atoms with E-state index in [1.807, 2.05) is 12.1 Å². The molecule has 3 aliphatic rings. The van der Waals surface area contributed by atoms with Gasteiger partial charge in [0.1, 0.15) is 17.1 Å². The molecule has 0 saturated heterocycles. The van der Waals surface area contributed by atoms with Gasteiger partial charge >= 0.3 is 0 Å². The highest BCUT2D eigenvalue weighted by molar-refractivity contribution is 5.73. The predicted molar refractivity (Wildman–Crippen MR) is 131 cm³/mol. The lowest BCUT2D eigenvalue weighted by molar-refractivity contribution is 0.0696. The normalized spacial score (nSPS) is 24.0. The van der Waals surface area contributed by atoms with Gasteiger partial charge in [0, 0.05) is 13.5 Å². The molecule has 0 radical (unpaired) electrons. The van der Waals surface area contributed by atoms with E-state index in [0.29, 0.717) is 5.82 Å². The number of H-pyrrole nitrogens is 1. The van der Waals surface area contributed by atoms with Gasteiger partial charge in [-0.15, -0.1) is 0 Å². The Kier molecular flexibility index (Phi) is 5.36. The molecule has 6 nitrogen and oxygen atoms in total. The summed E-state index contributed by atoms with van der Waals surface area (Å²) in [4.78, 5) is 2.27. The zero-order valence-electron chi connectivity index (χ0n) is 19.3. The molecule has 2 heterocycles. The highest BCUT2D eigenvalue weighted by atomic mass is 16.5. The fraction of sp³-hybridized carbons (Fsp3) is 0.296. The zero-order chi connectivity index (χ0) is 23.0. The number of anilines is 1. The number of aromatic amines is 1. The molecule has 2 unspecified atom stereocenters. The smallest absolute Gasteiger partial charge is 0.155 e. The van der Waals surface area contributed by atoms with E-state index in [-0.39, 0.29) is 11.6 Å². The second kappa shape index (κ2) is 8.35. The third-order valence-electron chi connectivity index (χ3n) is 6.54. The number of allylic oxidation sites excluding steroid dienone is 3. The minimum absolute atomic E-state index is 0.0367. The predicted octanol–water partition coefficient (Wildman–Crippen LogP) is 3.47. The van der Waals surface area contributed by atoms with Crippen LogP contribution in [0.15, 0.2) is 72.1 Å². The van der Waals surface area contributed by atoms with Gasteiger partial charge in [0.2, 0.25) is 0 Å². The average molecular weight is 443 g/mol. The Morgan fingerprint density at radius 2 is 1.97 bits per heavy atom. The summed E-state index contributed by atoms with van der Waals surface area (Å²) in [6, 6.07) is 8.21. The van der Waals surface area contributed by atoms with Crippen molar-refractivity contribution in [3.05, 3.63) is 88.2 Å². The summed E-state index contributed by atoms with van der Waals surface area (Å²) < 4.78 is 11.7. The topological polar surface area (TPSA) is 76.4 Å². The Morgan fingerprint density at radius 1 is 1.15 bits per heavy atom. The maximum absolute atomic E-state index is 6.33. The molecule has 1 aromatic carbocycles. The van der Waals surface area contributed by atoms with Crippen LogP contribution in [0.3, 0.4) is 0 Å².